The van der Waals surface area contributed by atoms with Gasteiger partial charge in [-0.05, 0) is 61.0 Å². The highest BCUT2D eigenvalue weighted by Crippen LogP contribution is 2.35. The fourth-order valence-corrected chi connectivity index (χ4v) is 5.53. The van der Waals surface area contributed by atoms with Gasteiger partial charge in [-0.25, -0.2) is 14.7 Å². The maximum Gasteiger partial charge on any atom is 0.338 e. The van der Waals surface area contributed by atoms with Gasteiger partial charge in [-0.3, -0.25) is 14.4 Å². The lowest BCUT2D eigenvalue weighted by atomic mass is 10.1. The van der Waals surface area contributed by atoms with Crippen LogP contribution < -0.4 is 4.90 Å². The van der Waals surface area contributed by atoms with E-state index in [9.17, 15) is 24.4 Å². The molecule has 2 aromatic carbocycles. The van der Waals surface area contributed by atoms with Crippen molar-refractivity contribution in [2.24, 2.45) is 0 Å². The molecule has 198 valence electrons. The molecule has 1 unspecified atom stereocenters. The second-order valence-electron chi connectivity index (χ2n) is 8.57. The first kappa shape index (κ1) is 28.3. The molecular formula is C28H21Cl2N3O5S. The van der Waals surface area contributed by atoms with Crippen LogP contribution in [-0.4, -0.2) is 40.4 Å². The first-order valence-electron chi connectivity index (χ1n) is 11.9. The molecule has 4 rings (SSSR count). The standard InChI is InChI=1S/C28H21Cl2N3O5S/c1-2-3-19-8-4-17(14-31)26(32-19)39-24-13-25(35)33(27(24)36)20-9-5-16(6-10-20)28(37)38-15-23(34)21-11-7-18(29)12-22(21)30/h4-12,24H,2-3,13,15H2,1H3. The molecule has 39 heavy (non-hydrogen) atoms. The number of nitriles is 1. The molecule has 0 N–H and O–H groups in total. The largest absolute Gasteiger partial charge is 0.454 e. The van der Waals surface area contributed by atoms with E-state index >= 15 is 0 Å². The summed E-state index contributed by atoms with van der Waals surface area (Å²) in [7, 11) is 0. The number of rotatable bonds is 9. The zero-order chi connectivity index (χ0) is 28.1. The lowest BCUT2D eigenvalue weighted by Crippen LogP contribution is -2.31. The Labute approximate surface area is 238 Å². The summed E-state index contributed by atoms with van der Waals surface area (Å²) >= 11 is 13.0. The summed E-state index contributed by atoms with van der Waals surface area (Å²) in [4.78, 5) is 56.3. The average Bonchev–Trinajstić information content (AvgIpc) is 3.19. The van der Waals surface area contributed by atoms with Gasteiger partial charge < -0.3 is 4.74 Å². The second-order valence-corrected chi connectivity index (χ2v) is 10.6. The molecule has 0 radical (unpaired) electrons. The predicted molar refractivity (Wildman–Crippen MR) is 147 cm³/mol. The number of aryl methyl sites for hydroxylation is 1. The van der Waals surface area contributed by atoms with E-state index in [4.69, 9.17) is 27.9 Å². The van der Waals surface area contributed by atoms with Crippen LogP contribution in [0.2, 0.25) is 10.0 Å². The topological polar surface area (TPSA) is 117 Å². The highest BCUT2D eigenvalue weighted by molar-refractivity contribution is 8.00. The molecule has 0 spiro atoms. The number of amides is 2. The lowest BCUT2D eigenvalue weighted by Gasteiger charge is -2.15. The minimum Gasteiger partial charge on any atom is -0.454 e. The Kier molecular flexibility index (Phi) is 9.02. The van der Waals surface area contributed by atoms with Gasteiger partial charge in [0.1, 0.15) is 11.1 Å². The number of pyridine rings is 1. The summed E-state index contributed by atoms with van der Waals surface area (Å²) in [5.41, 5.74) is 1.76. The van der Waals surface area contributed by atoms with E-state index in [1.807, 2.05) is 6.92 Å². The van der Waals surface area contributed by atoms with Crippen LogP contribution in [0.15, 0.2) is 59.6 Å². The monoisotopic (exact) mass is 581 g/mol. The Bertz CT molecular complexity index is 1500. The molecular weight excluding hydrogens is 561 g/mol. The lowest BCUT2D eigenvalue weighted by molar-refractivity contribution is -0.121. The van der Waals surface area contributed by atoms with Gasteiger partial charge in [-0.15, -0.1) is 0 Å². The summed E-state index contributed by atoms with van der Waals surface area (Å²) < 4.78 is 5.11. The van der Waals surface area contributed by atoms with E-state index in [2.05, 4.69) is 11.1 Å². The molecule has 1 aliphatic heterocycles. The minimum absolute atomic E-state index is 0.0484. The van der Waals surface area contributed by atoms with Crippen LogP contribution in [0, 0.1) is 11.3 Å². The van der Waals surface area contributed by atoms with Crippen LogP contribution in [0.5, 0.6) is 0 Å². The number of hydrogen-bond donors (Lipinski definition) is 0. The maximum absolute atomic E-state index is 13.1. The van der Waals surface area contributed by atoms with Gasteiger partial charge in [-0.2, -0.15) is 5.26 Å². The number of benzene rings is 2. The molecule has 3 aromatic rings. The number of carbonyl (C=O) groups excluding carboxylic acids is 4. The maximum atomic E-state index is 13.1. The zero-order valence-electron chi connectivity index (χ0n) is 20.6. The minimum atomic E-state index is -0.755. The molecule has 1 aliphatic rings. The average molecular weight is 582 g/mol. The van der Waals surface area contributed by atoms with E-state index in [1.54, 1.807) is 12.1 Å². The van der Waals surface area contributed by atoms with E-state index in [0.29, 0.717) is 21.3 Å². The Morgan fingerprint density at radius 1 is 1.13 bits per heavy atom. The third kappa shape index (κ3) is 6.48. The summed E-state index contributed by atoms with van der Waals surface area (Å²) in [6.07, 6.45) is 1.57. The summed E-state index contributed by atoms with van der Waals surface area (Å²) in [6, 6.07) is 15.6. The number of aromatic nitrogens is 1. The number of ether oxygens (including phenoxy) is 1. The Morgan fingerprint density at radius 2 is 1.87 bits per heavy atom. The van der Waals surface area contributed by atoms with Crippen molar-refractivity contribution in [2.75, 3.05) is 11.5 Å². The number of thioether (sulfide) groups is 1. The number of halogens is 2. The second kappa shape index (κ2) is 12.4. The Morgan fingerprint density at radius 3 is 2.54 bits per heavy atom. The van der Waals surface area contributed by atoms with Crippen molar-refractivity contribution in [3.63, 3.8) is 0 Å². The van der Waals surface area contributed by atoms with Crippen molar-refractivity contribution in [3.05, 3.63) is 87.0 Å². The normalized spacial score (nSPS) is 14.8. The van der Waals surface area contributed by atoms with Gasteiger partial charge in [0, 0.05) is 22.7 Å². The number of imide groups is 1. The predicted octanol–water partition coefficient (Wildman–Crippen LogP) is 5.68. The summed E-state index contributed by atoms with van der Waals surface area (Å²) in [5, 5.41) is 9.66. The SMILES string of the molecule is CCCc1ccc(C#N)c(SC2CC(=O)N(c3ccc(C(=O)OCC(=O)c4ccc(Cl)cc4Cl)cc3)C2=O)n1. The van der Waals surface area contributed by atoms with Crippen molar-refractivity contribution < 1.29 is 23.9 Å². The zero-order valence-corrected chi connectivity index (χ0v) is 23.0. The molecule has 2 amide bonds. The van der Waals surface area contributed by atoms with Gasteiger partial charge >= 0.3 is 5.97 Å². The highest BCUT2D eigenvalue weighted by atomic mass is 35.5. The molecule has 1 fully saturated rings. The van der Waals surface area contributed by atoms with Gasteiger partial charge in [0.15, 0.2) is 6.61 Å². The van der Waals surface area contributed by atoms with E-state index in [-0.39, 0.29) is 22.6 Å². The van der Waals surface area contributed by atoms with Crippen LogP contribution in [0.1, 0.15) is 51.7 Å². The fraction of sp³-hybridized carbons (Fsp3) is 0.214. The number of anilines is 1. The number of hydrogen-bond acceptors (Lipinski definition) is 8. The summed E-state index contributed by atoms with van der Waals surface area (Å²) in [5.74, 6) is -2.08. The highest BCUT2D eigenvalue weighted by Gasteiger charge is 2.40. The molecule has 1 atom stereocenters. The van der Waals surface area contributed by atoms with E-state index in [1.165, 1.54) is 42.5 Å². The van der Waals surface area contributed by atoms with Crippen LogP contribution in [0.25, 0.3) is 0 Å². The molecule has 0 saturated carbocycles. The van der Waals surface area contributed by atoms with Crippen LogP contribution in [-0.2, 0) is 20.7 Å². The number of esters is 1. The van der Waals surface area contributed by atoms with E-state index in [0.717, 1.165) is 35.2 Å². The van der Waals surface area contributed by atoms with Crippen molar-refractivity contribution >= 4 is 64.2 Å². The smallest absolute Gasteiger partial charge is 0.338 e. The van der Waals surface area contributed by atoms with Crippen molar-refractivity contribution in [1.82, 2.24) is 4.98 Å². The van der Waals surface area contributed by atoms with Crippen molar-refractivity contribution in [1.29, 1.82) is 5.26 Å². The van der Waals surface area contributed by atoms with E-state index < -0.39 is 35.4 Å². The third-order valence-electron chi connectivity index (χ3n) is 5.83. The first-order chi connectivity index (χ1) is 18.7. The van der Waals surface area contributed by atoms with Crippen LogP contribution in [0.4, 0.5) is 5.69 Å². The van der Waals surface area contributed by atoms with Crippen molar-refractivity contribution in [2.45, 2.75) is 36.5 Å². The third-order valence-corrected chi connectivity index (χ3v) is 7.57. The molecule has 0 aliphatic carbocycles. The molecule has 8 nitrogen and oxygen atoms in total. The van der Waals surface area contributed by atoms with Gasteiger partial charge in [0.2, 0.25) is 17.6 Å². The number of nitrogens with zero attached hydrogens (tertiary/aromatic N) is 3. The number of ketones is 1. The Balaban J connectivity index is 1.41. The quantitative estimate of drug-likeness (QED) is 0.180. The Hall–Kier alpha value is -3.71. The molecule has 2 heterocycles. The molecule has 11 heteroatoms. The van der Waals surface area contributed by atoms with Gasteiger partial charge in [-0.1, -0.05) is 48.3 Å². The van der Waals surface area contributed by atoms with Gasteiger partial charge in [0.05, 0.1) is 27.1 Å². The first-order valence-corrected chi connectivity index (χ1v) is 13.5. The van der Waals surface area contributed by atoms with Gasteiger partial charge in [0.25, 0.3) is 0 Å². The summed E-state index contributed by atoms with van der Waals surface area (Å²) in [6.45, 7) is 1.49. The van der Waals surface area contributed by atoms with Crippen LogP contribution in [0.3, 0.4) is 0 Å². The van der Waals surface area contributed by atoms with Crippen molar-refractivity contribution in [3.8, 4) is 6.07 Å². The molecule has 0 bridgehead atoms. The van der Waals surface area contributed by atoms with Crippen LogP contribution >= 0.6 is 35.0 Å². The number of carbonyl (C=O) groups is 4. The number of Topliss-reactive ketones (excluding diaryl/α,β-unsaturated/α-hetero) is 1. The fourth-order valence-electron chi connectivity index (χ4n) is 3.91. The molecule has 1 aromatic heterocycles. The molecule has 1 saturated heterocycles.